The number of ether oxygens (including phenoxy) is 3. The number of esters is 1. The zero-order valence-corrected chi connectivity index (χ0v) is 24.5. The first-order chi connectivity index (χ1) is 19.1. The summed E-state index contributed by atoms with van der Waals surface area (Å²) in [5.41, 5.74) is 0. The van der Waals surface area contributed by atoms with Gasteiger partial charge in [0, 0.05) is 31.3 Å². The molecular weight excluding hydrogens is 518 g/mol. The Balaban J connectivity index is 1.87. The van der Waals surface area contributed by atoms with E-state index in [9.17, 15) is 23.2 Å². The average molecular weight is 567 g/mol. The minimum Gasteiger partial charge on any atom is -0.469 e. The summed E-state index contributed by atoms with van der Waals surface area (Å²) in [6.07, 6.45) is 16.4. The molecule has 8 heteroatoms. The van der Waals surface area contributed by atoms with E-state index in [1.165, 1.54) is 12.3 Å². The summed E-state index contributed by atoms with van der Waals surface area (Å²) in [5.74, 6) is -5.26. The van der Waals surface area contributed by atoms with Crippen molar-refractivity contribution in [2.45, 2.75) is 135 Å². The number of allylic oxidation sites excluding steroid dienone is 3. The number of carbonyl (C=O) groups is 3. The van der Waals surface area contributed by atoms with E-state index < -0.39 is 30.5 Å². The van der Waals surface area contributed by atoms with E-state index in [0.29, 0.717) is 19.3 Å². The highest BCUT2D eigenvalue weighted by molar-refractivity contribution is 5.86. The van der Waals surface area contributed by atoms with Crippen molar-refractivity contribution in [2.24, 2.45) is 11.8 Å². The molecule has 1 saturated carbocycles. The van der Waals surface area contributed by atoms with Gasteiger partial charge in [0.2, 0.25) is 12.1 Å². The molecule has 0 aromatic heterocycles. The zero-order chi connectivity index (χ0) is 29.4. The molecule has 0 bridgehead atoms. The molecule has 6 nitrogen and oxygen atoms in total. The van der Waals surface area contributed by atoms with Gasteiger partial charge in [-0.05, 0) is 64.0 Å². The minimum absolute atomic E-state index is 0.0655. The Bertz CT molecular complexity index is 879. The van der Waals surface area contributed by atoms with Gasteiger partial charge in [-0.2, -0.15) is 8.78 Å². The van der Waals surface area contributed by atoms with Crippen molar-refractivity contribution in [1.29, 1.82) is 0 Å². The standard InChI is InChI=1S/C32H48F2O6/c1-4-5-6-14-21-32(33,34)29(36)20-19-26-25(27(35)23-28(26)40-31-18-13-15-22-38-31)16-11-9-7-8-10-12-17-30(37)39-24(2)3/h12-13,15,17-18,22,24-26,28,31H,4-11,14,16,19-21,23H2,1-3H3/b17-12+/t25-,26?,28-,31-/m1/s1. The van der Waals surface area contributed by atoms with Crippen molar-refractivity contribution >= 4 is 17.5 Å². The van der Waals surface area contributed by atoms with Gasteiger partial charge < -0.3 is 14.2 Å². The van der Waals surface area contributed by atoms with Crippen molar-refractivity contribution in [3.8, 4) is 0 Å². The van der Waals surface area contributed by atoms with Gasteiger partial charge in [-0.15, -0.1) is 0 Å². The summed E-state index contributed by atoms with van der Waals surface area (Å²) < 4.78 is 45.6. The third-order valence-electron chi connectivity index (χ3n) is 7.49. The molecule has 2 aliphatic rings. The van der Waals surface area contributed by atoms with Crippen molar-refractivity contribution in [1.82, 2.24) is 0 Å². The normalized spacial score (nSPS) is 22.8. The van der Waals surface area contributed by atoms with E-state index in [0.717, 1.165) is 44.9 Å². The topological polar surface area (TPSA) is 78.9 Å². The summed E-state index contributed by atoms with van der Waals surface area (Å²) in [6, 6.07) is 0. The molecule has 1 aliphatic heterocycles. The Morgan fingerprint density at radius 1 is 1.07 bits per heavy atom. The van der Waals surface area contributed by atoms with Gasteiger partial charge in [-0.25, -0.2) is 4.79 Å². The largest absolute Gasteiger partial charge is 0.469 e. The van der Waals surface area contributed by atoms with Crippen molar-refractivity contribution < 1.29 is 37.4 Å². The van der Waals surface area contributed by atoms with Crippen LogP contribution in [0.1, 0.15) is 111 Å². The zero-order valence-electron chi connectivity index (χ0n) is 24.5. The summed E-state index contributed by atoms with van der Waals surface area (Å²) in [6.45, 7) is 5.62. The molecule has 1 fully saturated rings. The van der Waals surface area contributed by atoms with E-state index in [1.807, 2.05) is 13.0 Å². The highest BCUT2D eigenvalue weighted by Gasteiger charge is 2.45. The SMILES string of the molecule is CCCCCCC(F)(F)C(=O)CCC1[C@H](O[C@@H]2C=CC=CO2)CC(=O)[C@@H]1CCCCCC/C=C/C(=O)OC(C)C. The van der Waals surface area contributed by atoms with Crippen molar-refractivity contribution in [3.63, 3.8) is 0 Å². The Morgan fingerprint density at radius 2 is 1.82 bits per heavy atom. The Labute approximate surface area is 238 Å². The fourth-order valence-corrected chi connectivity index (χ4v) is 5.35. The maximum absolute atomic E-state index is 14.5. The molecule has 0 N–H and O–H groups in total. The quantitative estimate of drug-likeness (QED) is 0.0850. The van der Waals surface area contributed by atoms with Crippen molar-refractivity contribution in [2.75, 3.05) is 0 Å². The average Bonchev–Trinajstić information content (AvgIpc) is 3.20. The van der Waals surface area contributed by atoms with E-state index >= 15 is 0 Å². The van der Waals surface area contributed by atoms with Gasteiger partial charge in [0.1, 0.15) is 5.78 Å². The molecule has 0 aromatic rings. The summed E-state index contributed by atoms with van der Waals surface area (Å²) >= 11 is 0. The second-order valence-electron chi connectivity index (χ2n) is 11.2. The lowest BCUT2D eigenvalue weighted by atomic mass is 9.84. The summed E-state index contributed by atoms with van der Waals surface area (Å²) in [5, 5.41) is 0. The first-order valence-electron chi connectivity index (χ1n) is 15.1. The number of unbranched alkanes of at least 4 members (excludes halogenated alkanes) is 7. The van der Waals surface area contributed by atoms with Crippen LogP contribution in [0.25, 0.3) is 0 Å². The van der Waals surface area contributed by atoms with Gasteiger partial charge in [0.15, 0.2) is 0 Å². The van der Waals surface area contributed by atoms with Crippen LogP contribution in [0.2, 0.25) is 0 Å². The molecule has 0 spiro atoms. The van der Waals surface area contributed by atoms with Crippen molar-refractivity contribution in [3.05, 3.63) is 36.6 Å². The number of carbonyl (C=O) groups excluding carboxylic acids is 3. The van der Waals surface area contributed by atoms with Crippen LogP contribution in [0.5, 0.6) is 0 Å². The van der Waals surface area contributed by atoms with Gasteiger partial charge in [-0.3, -0.25) is 9.59 Å². The molecule has 1 heterocycles. The van der Waals surface area contributed by atoms with Gasteiger partial charge in [0.25, 0.3) is 0 Å². The van der Waals surface area contributed by atoms with E-state index in [4.69, 9.17) is 14.2 Å². The maximum Gasteiger partial charge on any atom is 0.330 e. The molecule has 0 saturated heterocycles. The smallest absolute Gasteiger partial charge is 0.330 e. The van der Waals surface area contributed by atoms with E-state index in [-0.39, 0.29) is 49.0 Å². The predicted molar refractivity (Wildman–Crippen MR) is 151 cm³/mol. The second kappa shape index (κ2) is 18.2. The fraction of sp³-hybridized carbons (Fsp3) is 0.719. The number of hydrogen-bond acceptors (Lipinski definition) is 6. The maximum atomic E-state index is 14.5. The van der Waals surface area contributed by atoms with Crippen LogP contribution >= 0.6 is 0 Å². The van der Waals surface area contributed by atoms with Crippen LogP contribution in [0.15, 0.2) is 36.6 Å². The summed E-state index contributed by atoms with van der Waals surface area (Å²) in [4.78, 5) is 37.0. The predicted octanol–water partition coefficient (Wildman–Crippen LogP) is 7.81. The fourth-order valence-electron chi connectivity index (χ4n) is 5.35. The molecule has 0 amide bonds. The van der Waals surface area contributed by atoms with Gasteiger partial charge >= 0.3 is 11.9 Å². The number of rotatable bonds is 20. The third kappa shape index (κ3) is 12.4. The number of halogens is 2. The van der Waals surface area contributed by atoms with E-state index in [1.54, 1.807) is 32.1 Å². The molecule has 1 unspecified atom stereocenters. The molecular formula is C32H48F2O6. The second-order valence-corrected chi connectivity index (χ2v) is 11.2. The van der Waals surface area contributed by atoms with Crippen LogP contribution in [-0.2, 0) is 28.6 Å². The molecule has 2 rings (SSSR count). The molecule has 226 valence electrons. The lowest BCUT2D eigenvalue weighted by molar-refractivity contribution is -0.146. The van der Waals surface area contributed by atoms with Crippen LogP contribution in [-0.4, -0.2) is 42.0 Å². The Kier molecular flexibility index (Phi) is 15.4. The van der Waals surface area contributed by atoms with E-state index in [2.05, 4.69) is 0 Å². The molecule has 0 aromatic carbocycles. The molecule has 1 aliphatic carbocycles. The minimum atomic E-state index is -3.33. The Morgan fingerprint density at radius 3 is 2.52 bits per heavy atom. The highest BCUT2D eigenvalue weighted by Crippen LogP contribution is 2.40. The van der Waals surface area contributed by atoms with Crippen LogP contribution in [0.4, 0.5) is 8.78 Å². The monoisotopic (exact) mass is 566 g/mol. The lowest BCUT2D eigenvalue weighted by Crippen LogP contribution is -2.32. The van der Waals surface area contributed by atoms with Crippen LogP contribution in [0.3, 0.4) is 0 Å². The molecule has 0 radical (unpaired) electrons. The first kappa shape index (κ1) is 33.9. The number of ketones is 2. The first-order valence-corrected chi connectivity index (χ1v) is 15.1. The third-order valence-corrected chi connectivity index (χ3v) is 7.49. The van der Waals surface area contributed by atoms with Crippen LogP contribution < -0.4 is 0 Å². The number of alkyl halides is 2. The van der Waals surface area contributed by atoms with Crippen LogP contribution in [0, 0.1) is 11.8 Å². The molecule has 4 atom stereocenters. The lowest BCUT2D eigenvalue weighted by Gasteiger charge is -2.27. The van der Waals surface area contributed by atoms with Gasteiger partial charge in [0.05, 0.1) is 18.5 Å². The molecule has 40 heavy (non-hydrogen) atoms. The number of hydrogen-bond donors (Lipinski definition) is 0. The summed E-state index contributed by atoms with van der Waals surface area (Å²) in [7, 11) is 0. The number of Topliss-reactive ketones (excluding diaryl/α,β-unsaturated/α-hetero) is 2. The highest BCUT2D eigenvalue weighted by atomic mass is 19.3. The van der Waals surface area contributed by atoms with Gasteiger partial charge in [-0.1, -0.05) is 57.6 Å². The Hall–Kier alpha value is -2.35.